The summed E-state index contributed by atoms with van der Waals surface area (Å²) in [6, 6.07) is 18.5. The van der Waals surface area contributed by atoms with Gasteiger partial charge in [-0.25, -0.2) is 0 Å². The van der Waals surface area contributed by atoms with Gasteiger partial charge in [0.2, 0.25) is 5.91 Å². The Balaban J connectivity index is 0.00000148. The van der Waals surface area contributed by atoms with Gasteiger partial charge in [-0.05, 0) is 40.6 Å². The van der Waals surface area contributed by atoms with E-state index in [4.69, 9.17) is 4.74 Å². The molecule has 224 valence electrons. The van der Waals surface area contributed by atoms with Crippen LogP contribution < -0.4 is 9.64 Å². The van der Waals surface area contributed by atoms with E-state index in [-0.39, 0.29) is 35.2 Å². The Morgan fingerprint density at radius 2 is 1.50 bits per heavy atom. The van der Waals surface area contributed by atoms with E-state index in [0.29, 0.717) is 30.1 Å². The van der Waals surface area contributed by atoms with Gasteiger partial charge in [0, 0.05) is 22.8 Å². The second kappa shape index (κ2) is 14.8. The number of rotatable bonds is 7. The number of halogens is 6. The Labute approximate surface area is 244 Å². The largest absolute Gasteiger partial charge is 0.489 e. The molecule has 0 N–H and O–H groups in total. The second-order valence-corrected chi connectivity index (χ2v) is 9.61. The third-order valence-electron chi connectivity index (χ3n) is 6.03. The van der Waals surface area contributed by atoms with Crippen molar-refractivity contribution in [2.24, 2.45) is 5.18 Å². The van der Waals surface area contributed by atoms with Gasteiger partial charge >= 0.3 is 17.9 Å². The summed E-state index contributed by atoms with van der Waals surface area (Å²) in [5, 5.41) is 1.53. The third kappa shape index (κ3) is 7.45. The zero-order valence-corrected chi connectivity index (χ0v) is 23.5. The highest BCUT2D eigenvalue weighted by Crippen LogP contribution is 2.54. The summed E-state index contributed by atoms with van der Waals surface area (Å²) in [4.78, 5) is 25.4. The number of terminal acetylenes is 1. The lowest BCUT2D eigenvalue weighted by Crippen LogP contribution is -2.52. The maximum Gasteiger partial charge on any atom is 0.430 e. The number of hydrogen-bond donors (Lipinski definition) is 0. The van der Waals surface area contributed by atoms with Crippen molar-refractivity contribution in [3.8, 4) is 18.6 Å². The molecular weight excluding hydrogens is 582 g/mol. The van der Waals surface area contributed by atoms with Gasteiger partial charge in [0.15, 0.2) is 0 Å². The summed E-state index contributed by atoms with van der Waals surface area (Å²) in [5.41, 5.74) is -4.45. The van der Waals surface area contributed by atoms with Gasteiger partial charge in [-0.2, -0.15) is 26.3 Å². The molecule has 4 rings (SSSR count). The lowest BCUT2D eigenvalue weighted by Gasteiger charge is -2.33. The number of nitroso groups, excluding NO2 is 1. The van der Waals surface area contributed by atoms with E-state index in [2.05, 4.69) is 12.8 Å². The van der Waals surface area contributed by atoms with Crippen LogP contribution in [0.5, 0.6) is 5.75 Å². The predicted molar refractivity (Wildman–Crippen MR) is 151 cm³/mol. The van der Waals surface area contributed by atoms with Crippen LogP contribution in [-0.2, 0) is 23.4 Å². The highest BCUT2D eigenvalue weighted by Gasteiger charge is 2.74. The second-order valence-electron chi connectivity index (χ2n) is 8.47. The first-order valence-corrected chi connectivity index (χ1v) is 13.6. The van der Waals surface area contributed by atoms with Crippen LogP contribution in [0.1, 0.15) is 30.5 Å². The Bertz CT molecular complexity index is 1330. The maximum atomic E-state index is 13.5. The molecule has 42 heavy (non-hydrogen) atoms. The first-order chi connectivity index (χ1) is 20.0. The molecule has 1 aliphatic rings. The minimum absolute atomic E-state index is 0.0216. The molecule has 1 heterocycles. The van der Waals surface area contributed by atoms with Crippen LogP contribution in [0.2, 0.25) is 0 Å². The zero-order valence-electron chi connectivity index (χ0n) is 22.7. The number of carbonyl (C=O) groups excluding carboxylic acids is 1. The van der Waals surface area contributed by atoms with Crippen molar-refractivity contribution in [1.82, 2.24) is 0 Å². The van der Waals surface area contributed by atoms with Crippen molar-refractivity contribution in [2.45, 2.75) is 49.7 Å². The molecule has 0 saturated carbocycles. The molecule has 0 bridgehead atoms. The number of hydrogen-bond acceptors (Lipinski definition) is 5. The van der Waals surface area contributed by atoms with Crippen LogP contribution in [0.25, 0.3) is 0 Å². The molecular formula is C30H28F6N2O3S. The van der Waals surface area contributed by atoms with Crippen molar-refractivity contribution < 1.29 is 35.9 Å². The standard InChI is InChI=1S/C26H20F6N2O3S.C2H6.C2H2/c27-25(28,29)24(33-36,26(30,31)32)19-8-11-21-22(15-19)38-13-12-34(21)23(35)14-17-6-9-20(10-7-17)37-16-18-4-2-1-3-5-18;2*1-2/h1-11,15H,12-14,16H2;1-2H3;1-2H. The zero-order chi connectivity index (χ0) is 31.6. The van der Waals surface area contributed by atoms with E-state index in [1.165, 1.54) is 10.1 Å². The third-order valence-corrected chi connectivity index (χ3v) is 7.05. The van der Waals surface area contributed by atoms with Crippen molar-refractivity contribution >= 4 is 23.4 Å². The smallest absolute Gasteiger partial charge is 0.430 e. The highest BCUT2D eigenvalue weighted by molar-refractivity contribution is 7.99. The summed E-state index contributed by atoms with van der Waals surface area (Å²) in [5.74, 6) is 0.455. The first kappa shape index (κ1) is 34.2. The summed E-state index contributed by atoms with van der Waals surface area (Å²) >= 11 is 0.995. The summed E-state index contributed by atoms with van der Waals surface area (Å²) in [6.45, 7) is 4.58. The van der Waals surface area contributed by atoms with E-state index in [0.717, 1.165) is 23.4 Å². The molecule has 3 aromatic carbocycles. The SMILES string of the molecule is C#C.CC.O=NC(c1ccc2c(c1)SCCN2C(=O)Cc1ccc(OCc2ccccc2)cc1)(C(F)(F)F)C(F)(F)F. The summed E-state index contributed by atoms with van der Waals surface area (Å²) in [6.07, 6.45) is -4.06. The van der Waals surface area contributed by atoms with E-state index < -0.39 is 23.5 Å². The molecule has 0 aromatic heterocycles. The first-order valence-electron chi connectivity index (χ1n) is 12.6. The van der Waals surface area contributed by atoms with Gasteiger partial charge in [-0.3, -0.25) is 4.79 Å². The van der Waals surface area contributed by atoms with Crippen LogP contribution in [0.3, 0.4) is 0 Å². The van der Waals surface area contributed by atoms with Gasteiger partial charge in [-0.15, -0.1) is 29.5 Å². The molecule has 0 radical (unpaired) electrons. The average molecular weight is 611 g/mol. The fourth-order valence-corrected chi connectivity index (χ4v) is 5.09. The molecule has 12 heteroatoms. The van der Waals surface area contributed by atoms with E-state index in [1.807, 2.05) is 44.2 Å². The van der Waals surface area contributed by atoms with Gasteiger partial charge in [-0.1, -0.05) is 62.4 Å². The Kier molecular flexibility index (Phi) is 12.0. The normalized spacial score (nSPS) is 13.0. The summed E-state index contributed by atoms with van der Waals surface area (Å²) < 4.78 is 86.8. The van der Waals surface area contributed by atoms with Crippen LogP contribution in [-0.4, -0.2) is 30.6 Å². The van der Waals surface area contributed by atoms with Crippen molar-refractivity contribution in [1.29, 1.82) is 0 Å². The number of carbonyl (C=O) groups is 1. The fraction of sp³-hybridized carbons (Fsp3) is 0.300. The minimum atomic E-state index is -6.01. The number of nitrogens with zero attached hydrogens (tertiary/aromatic N) is 2. The Morgan fingerprint density at radius 1 is 0.905 bits per heavy atom. The topological polar surface area (TPSA) is 59.0 Å². The van der Waals surface area contributed by atoms with Gasteiger partial charge in [0.1, 0.15) is 12.4 Å². The van der Waals surface area contributed by atoms with Crippen LogP contribution in [0.15, 0.2) is 82.9 Å². The lowest BCUT2D eigenvalue weighted by atomic mass is 9.89. The number of alkyl halides is 6. The molecule has 1 amide bonds. The Hall–Kier alpha value is -3.98. The lowest BCUT2D eigenvalue weighted by molar-refractivity contribution is -0.301. The maximum absolute atomic E-state index is 13.5. The molecule has 3 aromatic rings. The summed E-state index contributed by atoms with van der Waals surface area (Å²) in [7, 11) is 0. The molecule has 0 fully saturated rings. The molecule has 0 aliphatic carbocycles. The average Bonchev–Trinajstić information content (AvgIpc) is 2.98. The van der Waals surface area contributed by atoms with E-state index >= 15 is 0 Å². The number of fused-ring (bicyclic) bond motifs is 1. The molecule has 0 spiro atoms. The van der Waals surface area contributed by atoms with Gasteiger partial charge in [0.25, 0.3) is 0 Å². The number of anilines is 1. The minimum Gasteiger partial charge on any atom is -0.489 e. The van der Waals surface area contributed by atoms with Crippen molar-refractivity contribution in [3.63, 3.8) is 0 Å². The van der Waals surface area contributed by atoms with E-state index in [9.17, 15) is 36.0 Å². The quantitative estimate of drug-likeness (QED) is 0.153. The molecule has 0 unspecified atom stereocenters. The molecule has 5 nitrogen and oxygen atoms in total. The molecule has 0 saturated heterocycles. The van der Waals surface area contributed by atoms with Crippen LogP contribution in [0.4, 0.5) is 32.0 Å². The molecule has 0 atom stereocenters. The van der Waals surface area contributed by atoms with Crippen molar-refractivity contribution in [3.05, 3.63) is 94.4 Å². The van der Waals surface area contributed by atoms with Crippen LogP contribution in [0, 0.1) is 17.8 Å². The number of thioether (sulfide) groups is 1. The van der Waals surface area contributed by atoms with Gasteiger partial charge < -0.3 is 9.64 Å². The monoisotopic (exact) mass is 610 g/mol. The molecule has 1 aliphatic heterocycles. The van der Waals surface area contributed by atoms with Crippen molar-refractivity contribution in [2.75, 3.05) is 17.2 Å². The van der Waals surface area contributed by atoms with Gasteiger partial charge in [0.05, 0.1) is 12.1 Å². The number of benzene rings is 3. The van der Waals surface area contributed by atoms with Crippen LogP contribution >= 0.6 is 11.8 Å². The Morgan fingerprint density at radius 3 is 2.05 bits per heavy atom. The highest BCUT2D eigenvalue weighted by atomic mass is 32.2. The number of ether oxygens (including phenoxy) is 1. The fourth-order valence-electron chi connectivity index (χ4n) is 4.06. The van der Waals surface area contributed by atoms with E-state index in [1.54, 1.807) is 24.3 Å². The predicted octanol–water partition coefficient (Wildman–Crippen LogP) is 8.31. The number of amides is 1.